The van der Waals surface area contributed by atoms with Crippen LogP contribution in [0.1, 0.15) is 18.9 Å². The van der Waals surface area contributed by atoms with Crippen molar-refractivity contribution in [2.45, 2.75) is 20.0 Å². The Balaban J connectivity index is 1.54. The molecule has 0 radical (unpaired) electrons. The molecule has 0 aliphatic carbocycles. The summed E-state index contributed by atoms with van der Waals surface area (Å²) in [7, 11) is 0. The van der Waals surface area contributed by atoms with Crippen molar-refractivity contribution in [1.82, 2.24) is 0 Å². The molecule has 0 unspecified atom stereocenters. The largest absolute Gasteiger partial charge is 0.489 e. The molecule has 2 N–H and O–H groups in total. The molecule has 0 aromatic heterocycles. The number of rotatable bonds is 7. The Morgan fingerprint density at radius 2 is 1.38 bits per heavy atom. The molecule has 0 heterocycles. The van der Waals surface area contributed by atoms with Gasteiger partial charge in [-0.1, -0.05) is 37.3 Å². The topological polar surface area (TPSA) is 50.4 Å². The van der Waals surface area contributed by atoms with E-state index in [2.05, 4.69) is 10.6 Å². The van der Waals surface area contributed by atoms with Crippen LogP contribution in [0.2, 0.25) is 0 Å². The van der Waals surface area contributed by atoms with Crippen molar-refractivity contribution in [2.24, 2.45) is 0 Å². The molecule has 3 aromatic carbocycles. The van der Waals surface area contributed by atoms with Gasteiger partial charge in [0.05, 0.1) is 0 Å². The van der Waals surface area contributed by atoms with E-state index in [-0.39, 0.29) is 5.91 Å². The number of carbonyl (C=O) groups excluding carboxylic acids is 1. The van der Waals surface area contributed by atoms with Gasteiger partial charge in [0.2, 0.25) is 5.91 Å². The van der Waals surface area contributed by atoms with E-state index >= 15 is 0 Å². The van der Waals surface area contributed by atoms with Crippen LogP contribution in [-0.4, -0.2) is 5.91 Å². The van der Waals surface area contributed by atoms with Gasteiger partial charge in [0.15, 0.2) is 0 Å². The van der Waals surface area contributed by atoms with Crippen LogP contribution < -0.4 is 15.4 Å². The third kappa shape index (κ3) is 5.11. The number of nitrogens with one attached hydrogen (secondary N) is 2. The number of anilines is 3. The standard InChI is InChI=1S/C22H22N2O2/c1-2-22(25)24-20-10-8-18(9-11-20)23-19-12-14-21(15-13-19)26-16-17-6-4-3-5-7-17/h3-15,23H,2,16H2,1H3,(H,24,25). The first-order valence-electron chi connectivity index (χ1n) is 8.66. The van der Waals surface area contributed by atoms with Crippen LogP contribution in [0.4, 0.5) is 17.1 Å². The molecule has 0 atom stereocenters. The maximum Gasteiger partial charge on any atom is 0.224 e. The molecule has 0 aliphatic heterocycles. The van der Waals surface area contributed by atoms with Crippen LogP contribution in [0.25, 0.3) is 0 Å². The molecule has 3 aromatic rings. The predicted molar refractivity (Wildman–Crippen MR) is 106 cm³/mol. The van der Waals surface area contributed by atoms with E-state index in [9.17, 15) is 4.79 Å². The number of hydrogen-bond acceptors (Lipinski definition) is 3. The highest BCUT2D eigenvalue weighted by Crippen LogP contribution is 2.22. The fraction of sp³-hybridized carbons (Fsp3) is 0.136. The van der Waals surface area contributed by atoms with Gasteiger partial charge in [-0.15, -0.1) is 0 Å². The summed E-state index contributed by atoms with van der Waals surface area (Å²) in [5, 5.41) is 6.17. The van der Waals surface area contributed by atoms with Gasteiger partial charge in [-0.05, 0) is 54.1 Å². The average molecular weight is 346 g/mol. The minimum Gasteiger partial charge on any atom is -0.489 e. The van der Waals surface area contributed by atoms with Crippen molar-refractivity contribution >= 4 is 23.0 Å². The van der Waals surface area contributed by atoms with Gasteiger partial charge in [-0.3, -0.25) is 4.79 Å². The first-order valence-corrected chi connectivity index (χ1v) is 8.66. The van der Waals surface area contributed by atoms with Gasteiger partial charge in [0.25, 0.3) is 0 Å². The number of carbonyl (C=O) groups is 1. The number of ether oxygens (including phenoxy) is 1. The summed E-state index contributed by atoms with van der Waals surface area (Å²) < 4.78 is 5.79. The summed E-state index contributed by atoms with van der Waals surface area (Å²) in [6.45, 7) is 2.39. The van der Waals surface area contributed by atoms with E-state index in [0.29, 0.717) is 13.0 Å². The van der Waals surface area contributed by atoms with Gasteiger partial charge in [-0.25, -0.2) is 0 Å². The monoisotopic (exact) mass is 346 g/mol. The second-order valence-corrected chi connectivity index (χ2v) is 5.90. The molecule has 4 heteroatoms. The SMILES string of the molecule is CCC(=O)Nc1ccc(Nc2ccc(OCc3ccccc3)cc2)cc1. The molecule has 0 saturated heterocycles. The first kappa shape index (κ1) is 17.5. The fourth-order valence-corrected chi connectivity index (χ4v) is 2.43. The smallest absolute Gasteiger partial charge is 0.224 e. The molecule has 0 fully saturated rings. The van der Waals surface area contributed by atoms with Crippen LogP contribution in [0, 0.1) is 0 Å². The lowest BCUT2D eigenvalue weighted by atomic mass is 10.2. The van der Waals surface area contributed by atoms with Crippen LogP contribution >= 0.6 is 0 Å². The average Bonchev–Trinajstić information content (AvgIpc) is 2.69. The van der Waals surface area contributed by atoms with E-state index in [1.807, 2.05) is 85.8 Å². The van der Waals surface area contributed by atoms with Crippen molar-refractivity contribution in [2.75, 3.05) is 10.6 Å². The molecule has 4 nitrogen and oxygen atoms in total. The molecule has 0 spiro atoms. The highest BCUT2D eigenvalue weighted by Gasteiger charge is 2.01. The molecule has 0 saturated carbocycles. The summed E-state index contributed by atoms with van der Waals surface area (Å²) in [5.41, 5.74) is 3.87. The maximum absolute atomic E-state index is 11.4. The van der Waals surface area contributed by atoms with Gasteiger partial charge < -0.3 is 15.4 Å². The predicted octanol–water partition coefficient (Wildman–Crippen LogP) is 5.36. The van der Waals surface area contributed by atoms with Crippen LogP contribution in [0.5, 0.6) is 5.75 Å². The molecular weight excluding hydrogens is 324 g/mol. The minimum absolute atomic E-state index is 0.0109. The molecule has 0 bridgehead atoms. The third-order valence-electron chi connectivity index (χ3n) is 3.88. The summed E-state index contributed by atoms with van der Waals surface area (Å²) in [6, 6.07) is 25.6. The normalized spacial score (nSPS) is 10.2. The Morgan fingerprint density at radius 3 is 2.00 bits per heavy atom. The number of amides is 1. The van der Waals surface area contributed by atoms with Crippen molar-refractivity contribution in [3.8, 4) is 5.75 Å². The Bertz CT molecular complexity index is 828. The van der Waals surface area contributed by atoms with Gasteiger partial charge in [-0.2, -0.15) is 0 Å². The zero-order chi connectivity index (χ0) is 18.2. The highest BCUT2D eigenvalue weighted by molar-refractivity contribution is 5.90. The van der Waals surface area contributed by atoms with Crippen molar-refractivity contribution in [3.05, 3.63) is 84.4 Å². The Labute approximate surface area is 153 Å². The Hall–Kier alpha value is -3.27. The van der Waals surface area contributed by atoms with Crippen molar-refractivity contribution < 1.29 is 9.53 Å². The molecular formula is C22H22N2O2. The van der Waals surface area contributed by atoms with Gasteiger partial charge in [0, 0.05) is 23.5 Å². The summed E-state index contributed by atoms with van der Waals surface area (Å²) in [5.74, 6) is 0.842. The lowest BCUT2D eigenvalue weighted by molar-refractivity contribution is -0.115. The molecule has 1 amide bonds. The zero-order valence-corrected chi connectivity index (χ0v) is 14.7. The third-order valence-corrected chi connectivity index (χ3v) is 3.88. The lowest BCUT2D eigenvalue weighted by Gasteiger charge is -2.10. The number of benzene rings is 3. The molecule has 26 heavy (non-hydrogen) atoms. The summed E-state index contributed by atoms with van der Waals surface area (Å²) in [4.78, 5) is 11.4. The fourth-order valence-electron chi connectivity index (χ4n) is 2.43. The van der Waals surface area contributed by atoms with E-state index in [4.69, 9.17) is 4.74 Å². The second kappa shape index (κ2) is 8.72. The van der Waals surface area contributed by atoms with Crippen LogP contribution in [0.15, 0.2) is 78.9 Å². The highest BCUT2D eigenvalue weighted by atomic mass is 16.5. The quantitative estimate of drug-likeness (QED) is 0.606. The van der Waals surface area contributed by atoms with Gasteiger partial charge in [0.1, 0.15) is 12.4 Å². The van der Waals surface area contributed by atoms with Crippen LogP contribution in [-0.2, 0) is 11.4 Å². The van der Waals surface area contributed by atoms with E-state index in [1.165, 1.54) is 0 Å². The van der Waals surface area contributed by atoms with E-state index in [0.717, 1.165) is 28.4 Å². The minimum atomic E-state index is 0.0109. The second-order valence-electron chi connectivity index (χ2n) is 5.90. The summed E-state index contributed by atoms with van der Waals surface area (Å²) in [6.07, 6.45) is 0.471. The maximum atomic E-state index is 11.4. The van der Waals surface area contributed by atoms with Gasteiger partial charge >= 0.3 is 0 Å². The van der Waals surface area contributed by atoms with Crippen molar-refractivity contribution in [3.63, 3.8) is 0 Å². The zero-order valence-electron chi connectivity index (χ0n) is 14.7. The van der Waals surface area contributed by atoms with E-state index < -0.39 is 0 Å². The molecule has 3 rings (SSSR count). The van der Waals surface area contributed by atoms with Crippen molar-refractivity contribution in [1.29, 1.82) is 0 Å². The van der Waals surface area contributed by atoms with Crippen LogP contribution in [0.3, 0.4) is 0 Å². The summed E-state index contributed by atoms with van der Waals surface area (Å²) >= 11 is 0. The Morgan fingerprint density at radius 1 is 0.808 bits per heavy atom. The number of hydrogen-bond donors (Lipinski definition) is 2. The molecule has 0 aliphatic rings. The first-order chi connectivity index (χ1) is 12.7. The lowest BCUT2D eigenvalue weighted by Crippen LogP contribution is -2.09. The van der Waals surface area contributed by atoms with E-state index in [1.54, 1.807) is 0 Å². The molecule has 132 valence electrons. The Kier molecular flexibility index (Phi) is 5.88.